The molecule has 0 saturated carbocycles. The van der Waals surface area contributed by atoms with Gasteiger partial charge in [-0.05, 0) is 35.5 Å². The van der Waals surface area contributed by atoms with E-state index in [-0.39, 0.29) is 28.3 Å². The Labute approximate surface area is 162 Å². The van der Waals surface area contributed by atoms with Crippen molar-refractivity contribution >= 4 is 34.7 Å². The molecule has 0 atom stereocenters. The van der Waals surface area contributed by atoms with E-state index in [1.165, 1.54) is 37.5 Å². The summed E-state index contributed by atoms with van der Waals surface area (Å²) in [7, 11) is 1.23. The number of rotatable bonds is 5. The first-order valence-corrected chi connectivity index (χ1v) is 8.67. The lowest BCUT2D eigenvalue weighted by atomic mass is 10.1. The molecule has 28 heavy (non-hydrogen) atoms. The number of nitrogens with zero attached hydrogens (tertiary/aromatic N) is 2. The largest absolute Gasteiger partial charge is 0.500 e. The highest BCUT2D eigenvalue weighted by Crippen LogP contribution is 2.39. The van der Waals surface area contributed by atoms with Crippen molar-refractivity contribution < 1.29 is 28.7 Å². The second-order valence-electron chi connectivity index (χ2n) is 5.71. The number of carbonyl (C=O) groups excluding carboxylic acids is 2. The van der Waals surface area contributed by atoms with Gasteiger partial charge in [-0.3, -0.25) is 24.6 Å². The third kappa shape index (κ3) is 3.67. The van der Waals surface area contributed by atoms with E-state index in [2.05, 4.69) is 0 Å². The van der Waals surface area contributed by atoms with Crippen molar-refractivity contribution in [2.45, 2.75) is 6.54 Å². The standard InChI is InChI=1S/C18H13FN2O6S/c1-27-14-7-10(6-13(16(14)22)21(25)26)8-15-17(23)20(18(24)28-15)9-11-4-2-3-5-12(11)19/h2-8,22H,9H2,1H3. The normalized spacial score (nSPS) is 15.4. The van der Waals surface area contributed by atoms with Gasteiger partial charge in [0, 0.05) is 11.6 Å². The quantitative estimate of drug-likeness (QED) is 0.460. The monoisotopic (exact) mass is 404 g/mol. The number of phenolic OH excluding ortho intramolecular Hbond substituents is 1. The summed E-state index contributed by atoms with van der Waals surface area (Å²) in [5, 5.41) is 20.3. The summed E-state index contributed by atoms with van der Waals surface area (Å²) in [6, 6.07) is 8.14. The lowest BCUT2D eigenvalue weighted by molar-refractivity contribution is -0.386. The molecule has 0 radical (unpaired) electrons. The molecule has 0 spiro atoms. The van der Waals surface area contributed by atoms with Crippen LogP contribution < -0.4 is 4.74 Å². The summed E-state index contributed by atoms with van der Waals surface area (Å²) in [6.07, 6.45) is 1.28. The van der Waals surface area contributed by atoms with E-state index >= 15 is 0 Å². The van der Waals surface area contributed by atoms with Crippen molar-refractivity contribution in [1.29, 1.82) is 0 Å². The topological polar surface area (TPSA) is 110 Å². The van der Waals surface area contributed by atoms with Crippen molar-refractivity contribution in [3.8, 4) is 11.5 Å². The second-order valence-corrected chi connectivity index (χ2v) is 6.70. The van der Waals surface area contributed by atoms with E-state index in [1.54, 1.807) is 6.07 Å². The molecule has 144 valence electrons. The lowest BCUT2D eigenvalue weighted by Crippen LogP contribution is -2.27. The summed E-state index contributed by atoms with van der Waals surface area (Å²) in [4.78, 5) is 35.9. The van der Waals surface area contributed by atoms with Gasteiger partial charge in [0.1, 0.15) is 5.82 Å². The number of nitro groups is 1. The Morgan fingerprint density at radius 3 is 2.68 bits per heavy atom. The molecule has 0 unspecified atom stereocenters. The third-order valence-electron chi connectivity index (χ3n) is 3.95. The van der Waals surface area contributed by atoms with Crippen LogP contribution in [0.1, 0.15) is 11.1 Å². The Morgan fingerprint density at radius 2 is 2.04 bits per heavy atom. The van der Waals surface area contributed by atoms with Crippen molar-refractivity contribution in [1.82, 2.24) is 4.90 Å². The number of thioether (sulfide) groups is 1. The molecule has 0 aromatic heterocycles. The third-order valence-corrected chi connectivity index (χ3v) is 4.86. The van der Waals surface area contributed by atoms with Crippen LogP contribution in [0, 0.1) is 15.9 Å². The van der Waals surface area contributed by atoms with E-state index in [0.29, 0.717) is 11.8 Å². The van der Waals surface area contributed by atoms with E-state index < -0.39 is 33.3 Å². The average molecular weight is 404 g/mol. The van der Waals surface area contributed by atoms with Gasteiger partial charge in [0.2, 0.25) is 5.75 Å². The first-order valence-electron chi connectivity index (χ1n) is 7.86. The lowest BCUT2D eigenvalue weighted by Gasteiger charge is -2.12. The van der Waals surface area contributed by atoms with Crippen LogP contribution in [0.5, 0.6) is 11.5 Å². The Balaban J connectivity index is 1.93. The van der Waals surface area contributed by atoms with Crippen molar-refractivity contribution in [2.24, 2.45) is 0 Å². The fourth-order valence-corrected chi connectivity index (χ4v) is 3.41. The molecular formula is C18H13FN2O6S. The zero-order chi connectivity index (χ0) is 20.4. The van der Waals surface area contributed by atoms with Crippen LogP contribution in [0.3, 0.4) is 0 Å². The van der Waals surface area contributed by atoms with Crippen LogP contribution >= 0.6 is 11.8 Å². The number of aromatic hydroxyl groups is 1. The molecule has 10 heteroatoms. The minimum absolute atomic E-state index is 0.0170. The molecule has 1 saturated heterocycles. The first-order chi connectivity index (χ1) is 13.3. The highest BCUT2D eigenvalue weighted by atomic mass is 32.2. The number of carbonyl (C=O) groups is 2. The number of phenols is 1. The number of benzene rings is 2. The maximum Gasteiger partial charge on any atom is 0.315 e. The van der Waals surface area contributed by atoms with Crippen LogP contribution in [0.4, 0.5) is 14.9 Å². The number of halogens is 1. The van der Waals surface area contributed by atoms with Gasteiger partial charge in [-0.2, -0.15) is 0 Å². The molecular weight excluding hydrogens is 391 g/mol. The van der Waals surface area contributed by atoms with Gasteiger partial charge in [-0.25, -0.2) is 4.39 Å². The number of hydrogen-bond acceptors (Lipinski definition) is 7. The van der Waals surface area contributed by atoms with Crippen molar-refractivity contribution in [3.05, 3.63) is 68.4 Å². The molecule has 1 aliphatic rings. The van der Waals surface area contributed by atoms with Crippen LogP contribution in [0.2, 0.25) is 0 Å². The fourth-order valence-electron chi connectivity index (χ4n) is 2.58. The van der Waals surface area contributed by atoms with Gasteiger partial charge in [0.05, 0.1) is 23.5 Å². The summed E-state index contributed by atoms with van der Waals surface area (Å²) >= 11 is 0.637. The molecule has 3 rings (SSSR count). The zero-order valence-corrected chi connectivity index (χ0v) is 15.2. The predicted octanol–water partition coefficient (Wildman–Crippen LogP) is 3.68. The molecule has 0 bridgehead atoms. The molecule has 2 aromatic carbocycles. The summed E-state index contributed by atoms with van der Waals surface area (Å²) in [6.45, 7) is -0.228. The van der Waals surface area contributed by atoms with Crippen LogP contribution in [-0.2, 0) is 11.3 Å². The van der Waals surface area contributed by atoms with Gasteiger partial charge in [0.25, 0.3) is 11.1 Å². The molecule has 1 heterocycles. The minimum atomic E-state index is -0.793. The zero-order valence-electron chi connectivity index (χ0n) is 14.4. The maximum atomic E-state index is 13.8. The van der Waals surface area contributed by atoms with Gasteiger partial charge < -0.3 is 9.84 Å². The molecule has 1 aliphatic heterocycles. The Kier molecular flexibility index (Phi) is 5.32. The van der Waals surface area contributed by atoms with Gasteiger partial charge in [0.15, 0.2) is 5.75 Å². The smallest absolute Gasteiger partial charge is 0.315 e. The predicted molar refractivity (Wildman–Crippen MR) is 99.2 cm³/mol. The maximum absolute atomic E-state index is 13.8. The summed E-state index contributed by atoms with van der Waals surface area (Å²) in [5.74, 6) is -1.97. The molecule has 1 N–H and O–H groups in total. The molecule has 8 nitrogen and oxygen atoms in total. The van der Waals surface area contributed by atoms with Crippen LogP contribution in [-0.4, -0.2) is 33.2 Å². The molecule has 2 amide bonds. The second kappa shape index (κ2) is 7.69. The molecule has 2 aromatic rings. The van der Waals surface area contributed by atoms with Gasteiger partial charge in [-0.1, -0.05) is 18.2 Å². The van der Waals surface area contributed by atoms with Crippen LogP contribution in [0.15, 0.2) is 41.3 Å². The number of methoxy groups -OCH3 is 1. The van der Waals surface area contributed by atoms with E-state index in [0.717, 1.165) is 11.0 Å². The number of hydrogen-bond donors (Lipinski definition) is 1. The molecule has 0 aliphatic carbocycles. The van der Waals surface area contributed by atoms with Gasteiger partial charge >= 0.3 is 5.69 Å². The van der Waals surface area contributed by atoms with Crippen molar-refractivity contribution in [3.63, 3.8) is 0 Å². The van der Waals surface area contributed by atoms with Crippen LogP contribution in [0.25, 0.3) is 6.08 Å². The van der Waals surface area contributed by atoms with Crippen molar-refractivity contribution in [2.75, 3.05) is 7.11 Å². The Morgan fingerprint density at radius 1 is 1.32 bits per heavy atom. The number of amides is 2. The number of imide groups is 1. The first kappa shape index (κ1) is 19.4. The average Bonchev–Trinajstić information content (AvgIpc) is 2.91. The number of nitro benzene ring substituents is 1. The van der Waals surface area contributed by atoms with Gasteiger partial charge in [-0.15, -0.1) is 0 Å². The number of ether oxygens (including phenoxy) is 1. The van der Waals surface area contributed by atoms with E-state index in [9.17, 15) is 29.2 Å². The Hall–Kier alpha value is -3.40. The van der Waals surface area contributed by atoms with E-state index in [1.807, 2.05) is 0 Å². The Bertz CT molecular complexity index is 1020. The minimum Gasteiger partial charge on any atom is -0.500 e. The highest BCUT2D eigenvalue weighted by molar-refractivity contribution is 8.18. The summed E-state index contributed by atoms with van der Waals surface area (Å²) in [5.41, 5.74) is -0.220. The highest BCUT2D eigenvalue weighted by Gasteiger charge is 2.35. The SMILES string of the molecule is COc1cc(C=C2SC(=O)N(Cc3ccccc3F)C2=O)cc([N+](=O)[O-])c1O. The fraction of sp³-hybridized carbons (Fsp3) is 0.111. The van der Waals surface area contributed by atoms with E-state index in [4.69, 9.17) is 4.74 Å². The molecule has 1 fully saturated rings. The summed E-state index contributed by atoms with van der Waals surface area (Å²) < 4.78 is 18.7.